The molecule has 86 valence electrons. The molecule has 0 aromatic heterocycles. The van der Waals surface area contributed by atoms with Crippen LogP contribution in [-0.2, 0) is 9.53 Å². The summed E-state index contributed by atoms with van der Waals surface area (Å²) in [6.45, 7) is 5.44. The Labute approximate surface area is 90.2 Å². The lowest BCUT2D eigenvalue weighted by atomic mass is 9.88. The highest BCUT2D eigenvalue weighted by atomic mass is 16.5. The van der Waals surface area contributed by atoms with Gasteiger partial charge >= 0.3 is 5.97 Å². The predicted octanol–water partition coefficient (Wildman–Crippen LogP) is 0.818. The second kappa shape index (κ2) is 4.49. The monoisotopic (exact) mass is 213 g/mol. The van der Waals surface area contributed by atoms with Crippen LogP contribution in [0.15, 0.2) is 0 Å². The Hall–Kier alpha value is -0.610. The molecule has 4 heteroatoms. The van der Waals surface area contributed by atoms with E-state index in [0.29, 0.717) is 18.3 Å². The number of carbonyl (C=O) groups is 1. The molecule has 0 amide bonds. The van der Waals surface area contributed by atoms with E-state index in [0.717, 1.165) is 32.7 Å². The number of rotatable bonds is 3. The first-order chi connectivity index (χ1) is 7.22. The van der Waals surface area contributed by atoms with Crippen LogP contribution in [0.2, 0.25) is 0 Å². The summed E-state index contributed by atoms with van der Waals surface area (Å²) in [6.07, 6.45) is 1.78. The van der Waals surface area contributed by atoms with Crippen LogP contribution in [-0.4, -0.2) is 48.3 Å². The van der Waals surface area contributed by atoms with E-state index in [4.69, 9.17) is 9.84 Å². The normalized spacial score (nSPS) is 33.7. The third-order valence-corrected chi connectivity index (χ3v) is 3.70. The summed E-state index contributed by atoms with van der Waals surface area (Å²) in [4.78, 5) is 13.2. The number of fused-ring (bicyclic) bond motifs is 1. The first-order valence-corrected chi connectivity index (χ1v) is 5.77. The van der Waals surface area contributed by atoms with Gasteiger partial charge in [0.05, 0.1) is 6.61 Å². The fourth-order valence-corrected chi connectivity index (χ4v) is 2.76. The van der Waals surface area contributed by atoms with Gasteiger partial charge < -0.3 is 9.84 Å². The molecule has 0 radical (unpaired) electrons. The summed E-state index contributed by atoms with van der Waals surface area (Å²) in [7, 11) is 0. The van der Waals surface area contributed by atoms with Crippen molar-refractivity contribution in [3.63, 3.8) is 0 Å². The van der Waals surface area contributed by atoms with Gasteiger partial charge in [-0.05, 0) is 25.3 Å². The Kier molecular flexibility index (Phi) is 3.26. The van der Waals surface area contributed by atoms with Gasteiger partial charge in [0.15, 0.2) is 0 Å². The highest BCUT2D eigenvalue weighted by Crippen LogP contribution is 2.30. The van der Waals surface area contributed by atoms with Gasteiger partial charge in [0.1, 0.15) is 6.04 Å². The van der Waals surface area contributed by atoms with E-state index in [9.17, 15) is 4.79 Å². The maximum Gasteiger partial charge on any atom is 0.320 e. The van der Waals surface area contributed by atoms with Gasteiger partial charge in [0.25, 0.3) is 0 Å². The smallest absolute Gasteiger partial charge is 0.320 e. The molecule has 0 aromatic rings. The summed E-state index contributed by atoms with van der Waals surface area (Å²) >= 11 is 0. The van der Waals surface area contributed by atoms with E-state index in [1.165, 1.54) is 0 Å². The zero-order valence-corrected chi connectivity index (χ0v) is 9.19. The summed E-state index contributed by atoms with van der Waals surface area (Å²) in [6, 6.07) is -0.299. The quantitative estimate of drug-likeness (QED) is 0.754. The fraction of sp³-hybridized carbons (Fsp3) is 0.909. The SMILES string of the molecule is CC[C@H](C(=O)O)N1CC[C@H]2COC[C@@H]2C1. The van der Waals surface area contributed by atoms with Crippen molar-refractivity contribution in [2.75, 3.05) is 26.3 Å². The highest BCUT2D eigenvalue weighted by Gasteiger charge is 2.37. The molecule has 2 aliphatic rings. The van der Waals surface area contributed by atoms with E-state index >= 15 is 0 Å². The van der Waals surface area contributed by atoms with Gasteiger partial charge in [-0.2, -0.15) is 0 Å². The van der Waals surface area contributed by atoms with Crippen molar-refractivity contribution in [3.8, 4) is 0 Å². The third kappa shape index (κ3) is 2.16. The van der Waals surface area contributed by atoms with Crippen LogP contribution in [0.25, 0.3) is 0 Å². The van der Waals surface area contributed by atoms with Crippen molar-refractivity contribution in [1.82, 2.24) is 4.90 Å². The van der Waals surface area contributed by atoms with Crippen molar-refractivity contribution in [1.29, 1.82) is 0 Å². The first kappa shape index (κ1) is 10.9. The van der Waals surface area contributed by atoms with Crippen LogP contribution in [0, 0.1) is 11.8 Å². The maximum absolute atomic E-state index is 11.0. The van der Waals surface area contributed by atoms with E-state index in [1.807, 2.05) is 6.92 Å². The maximum atomic E-state index is 11.0. The molecule has 2 rings (SSSR count). The molecule has 15 heavy (non-hydrogen) atoms. The fourth-order valence-electron chi connectivity index (χ4n) is 2.76. The third-order valence-electron chi connectivity index (χ3n) is 3.70. The lowest BCUT2D eigenvalue weighted by Gasteiger charge is -2.37. The molecule has 2 aliphatic heterocycles. The minimum absolute atomic E-state index is 0.299. The van der Waals surface area contributed by atoms with Crippen LogP contribution < -0.4 is 0 Å². The second-order valence-corrected chi connectivity index (χ2v) is 4.60. The number of hydrogen-bond donors (Lipinski definition) is 1. The number of nitrogens with zero attached hydrogens (tertiary/aromatic N) is 1. The first-order valence-electron chi connectivity index (χ1n) is 5.77. The molecule has 1 N–H and O–H groups in total. The van der Waals surface area contributed by atoms with Crippen LogP contribution in [0.5, 0.6) is 0 Å². The lowest BCUT2D eigenvalue weighted by molar-refractivity contribution is -0.144. The molecular formula is C11H19NO3. The average Bonchev–Trinajstić information content (AvgIpc) is 2.65. The molecule has 0 aliphatic carbocycles. The van der Waals surface area contributed by atoms with Crippen molar-refractivity contribution >= 4 is 5.97 Å². The van der Waals surface area contributed by atoms with Gasteiger partial charge in [-0.25, -0.2) is 0 Å². The van der Waals surface area contributed by atoms with E-state index < -0.39 is 5.97 Å². The van der Waals surface area contributed by atoms with Gasteiger partial charge in [-0.1, -0.05) is 6.92 Å². The standard InChI is InChI=1S/C11H19NO3/c1-2-10(11(13)14)12-4-3-8-6-15-7-9(8)5-12/h8-10H,2-7H2,1H3,(H,13,14)/t8-,9-,10+/m0/s1. The van der Waals surface area contributed by atoms with E-state index in [1.54, 1.807) is 0 Å². The van der Waals surface area contributed by atoms with Crippen molar-refractivity contribution < 1.29 is 14.6 Å². The largest absolute Gasteiger partial charge is 0.480 e. The van der Waals surface area contributed by atoms with Gasteiger partial charge in [-0.15, -0.1) is 0 Å². The van der Waals surface area contributed by atoms with Crippen LogP contribution in [0.3, 0.4) is 0 Å². The Morgan fingerprint density at radius 1 is 1.53 bits per heavy atom. The number of ether oxygens (including phenoxy) is 1. The molecule has 0 unspecified atom stereocenters. The molecule has 0 aromatic carbocycles. The van der Waals surface area contributed by atoms with E-state index in [2.05, 4.69) is 4.90 Å². The molecule has 2 saturated heterocycles. The zero-order valence-electron chi connectivity index (χ0n) is 9.19. The van der Waals surface area contributed by atoms with Crippen molar-refractivity contribution in [3.05, 3.63) is 0 Å². The Morgan fingerprint density at radius 2 is 2.27 bits per heavy atom. The molecule has 0 spiro atoms. The van der Waals surface area contributed by atoms with E-state index in [-0.39, 0.29) is 6.04 Å². The van der Waals surface area contributed by atoms with Crippen LogP contribution in [0.1, 0.15) is 19.8 Å². The molecule has 2 heterocycles. The summed E-state index contributed by atoms with van der Waals surface area (Å²) < 4.78 is 5.44. The molecule has 2 fully saturated rings. The number of carboxylic acid groups (broad SMARTS) is 1. The summed E-state index contributed by atoms with van der Waals surface area (Å²) in [5.41, 5.74) is 0. The van der Waals surface area contributed by atoms with Gasteiger partial charge in [0, 0.05) is 19.1 Å². The number of hydrogen-bond acceptors (Lipinski definition) is 3. The molecule has 3 atom stereocenters. The summed E-state index contributed by atoms with van der Waals surface area (Å²) in [5.74, 6) is 0.551. The molecule has 0 bridgehead atoms. The molecule has 0 saturated carbocycles. The molecule has 4 nitrogen and oxygen atoms in total. The number of likely N-dealkylation sites (tertiary alicyclic amines) is 1. The molecular weight excluding hydrogens is 194 g/mol. The van der Waals surface area contributed by atoms with Crippen molar-refractivity contribution in [2.45, 2.75) is 25.8 Å². The van der Waals surface area contributed by atoms with Gasteiger partial charge in [-0.3, -0.25) is 9.69 Å². The Morgan fingerprint density at radius 3 is 2.93 bits per heavy atom. The Bertz CT molecular complexity index is 244. The number of carboxylic acids is 1. The number of aliphatic carboxylic acids is 1. The van der Waals surface area contributed by atoms with Crippen LogP contribution >= 0.6 is 0 Å². The van der Waals surface area contributed by atoms with Gasteiger partial charge in [0.2, 0.25) is 0 Å². The minimum atomic E-state index is -0.685. The average molecular weight is 213 g/mol. The van der Waals surface area contributed by atoms with Crippen molar-refractivity contribution in [2.24, 2.45) is 11.8 Å². The summed E-state index contributed by atoms with van der Waals surface area (Å²) in [5, 5.41) is 9.09. The minimum Gasteiger partial charge on any atom is -0.480 e. The van der Waals surface area contributed by atoms with Crippen LogP contribution in [0.4, 0.5) is 0 Å². The predicted molar refractivity (Wildman–Crippen MR) is 55.7 cm³/mol. The zero-order chi connectivity index (χ0) is 10.8. The highest BCUT2D eigenvalue weighted by molar-refractivity contribution is 5.73. The second-order valence-electron chi connectivity index (χ2n) is 4.60. The lowest BCUT2D eigenvalue weighted by Crippen LogP contribution is -2.48. The number of piperidine rings is 1. The Balaban J connectivity index is 1.96. The topological polar surface area (TPSA) is 49.8 Å².